The van der Waals surface area contributed by atoms with Gasteiger partial charge in [-0.15, -0.1) is 11.3 Å². The third kappa shape index (κ3) is 2.65. The Labute approximate surface area is 101 Å². The summed E-state index contributed by atoms with van der Waals surface area (Å²) in [4.78, 5) is 4.53. The van der Waals surface area contributed by atoms with Gasteiger partial charge in [0.15, 0.2) is 0 Å². The number of benzene rings is 1. The largest absolute Gasteiger partial charge is 0.330 e. The fourth-order valence-corrected chi connectivity index (χ4v) is 2.55. The van der Waals surface area contributed by atoms with Crippen molar-refractivity contribution in [1.29, 1.82) is 0 Å². The van der Waals surface area contributed by atoms with Crippen molar-refractivity contribution in [2.24, 2.45) is 5.73 Å². The molecule has 0 aliphatic rings. The second-order valence-corrected chi connectivity index (χ2v) is 5.03. The zero-order valence-electron chi connectivity index (χ0n) is 8.11. The van der Waals surface area contributed by atoms with Crippen LogP contribution in [-0.4, -0.2) is 11.5 Å². The van der Waals surface area contributed by atoms with E-state index in [0.29, 0.717) is 6.54 Å². The number of aromatic nitrogens is 1. The first-order valence-electron chi connectivity index (χ1n) is 4.70. The van der Waals surface area contributed by atoms with Crippen LogP contribution in [0.4, 0.5) is 0 Å². The highest BCUT2D eigenvalue weighted by atomic mass is 79.9. The molecule has 0 bridgehead atoms. The minimum absolute atomic E-state index is 0.658. The molecule has 0 saturated heterocycles. The van der Waals surface area contributed by atoms with Gasteiger partial charge in [-0.25, -0.2) is 4.98 Å². The van der Waals surface area contributed by atoms with Gasteiger partial charge in [-0.2, -0.15) is 0 Å². The number of hydrogen-bond acceptors (Lipinski definition) is 3. The van der Waals surface area contributed by atoms with Gasteiger partial charge >= 0.3 is 0 Å². The summed E-state index contributed by atoms with van der Waals surface area (Å²) in [6.07, 6.45) is 0.860. The molecule has 4 heteroatoms. The van der Waals surface area contributed by atoms with Crippen molar-refractivity contribution in [3.63, 3.8) is 0 Å². The first-order chi connectivity index (χ1) is 7.29. The second-order valence-electron chi connectivity index (χ2n) is 3.18. The van der Waals surface area contributed by atoms with Crippen molar-refractivity contribution >= 4 is 27.3 Å². The van der Waals surface area contributed by atoms with E-state index in [2.05, 4.69) is 38.4 Å². The van der Waals surface area contributed by atoms with Crippen molar-refractivity contribution < 1.29 is 0 Å². The van der Waals surface area contributed by atoms with Gasteiger partial charge in [-0.05, 0) is 18.7 Å². The first kappa shape index (κ1) is 10.8. The fraction of sp³-hybridized carbons (Fsp3) is 0.182. The standard InChI is InChI=1S/C11H11BrN2S/c12-9-3-1-2-8(6-9)10-7-15-11(14-10)4-5-13/h1-3,6-7H,4-5,13H2. The minimum atomic E-state index is 0.658. The maximum Gasteiger partial charge on any atom is 0.0945 e. The number of rotatable bonds is 3. The van der Waals surface area contributed by atoms with Gasteiger partial charge in [0.25, 0.3) is 0 Å². The van der Waals surface area contributed by atoms with E-state index < -0.39 is 0 Å². The molecule has 0 fully saturated rings. The molecule has 2 nitrogen and oxygen atoms in total. The number of nitrogens with zero attached hydrogens (tertiary/aromatic N) is 1. The quantitative estimate of drug-likeness (QED) is 0.940. The Kier molecular flexibility index (Phi) is 3.51. The zero-order valence-corrected chi connectivity index (χ0v) is 10.5. The van der Waals surface area contributed by atoms with E-state index in [1.54, 1.807) is 11.3 Å². The molecule has 1 aromatic carbocycles. The summed E-state index contributed by atoms with van der Waals surface area (Å²) in [5, 5.41) is 3.18. The topological polar surface area (TPSA) is 38.9 Å². The molecule has 2 aromatic rings. The maximum absolute atomic E-state index is 5.49. The van der Waals surface area contributed by atoms with Crippen LogP contribution >= 0.6 is 27.3 Å². The average molecular weight is 283 g/mol. The van der Waals surface area contributed by atoms with Gasteiger partial charge in [0.05, 0.1) is 10.7 Å². The lowest BCUT2D eigenvalue weighted by Crippen LogP contribution is -2.01. The Morgan fingerprint density at radius 2 is 2.27 bits per heavy atom. The van der Waals surface area contributed by atoms with Gasteiger partial charge in [-0.1, -0.05) is 28.1 Å². The lowest BCUT2D eigenvalue weighted by molar-refractivity contribution is 0.954. The summed E-state index contributed by atoms with van der Waals surface area (Å²) in [6.45, 7) is 0.658. The summed E-state index contributed by atoms with van der Waals surface area (Å²) in [5.41, 5.74) is 7.67. The van der Waals surface area contributed by atoms with Crippen molar-refractivity contribution in [3.05, 3.63) is 39.1 Å². The van der Waals surface area contributed by atoms with E-state index in [9.17, 15) is 0 Å². The Morgan fingerprint density at radius 3 is 3.00 bits per heavy atom. The number of nitrogens with two attached hydrogens (primary N) is 1. The highest BCUT2D eigenvalue weighted by molar-refractivity contribution is 9.10. The molecule has 0 unspecified atom stereocenters. The Balaban J connectivity index is 2.29. The van der Waals surface area contributed by atoms with E-state index in [0.717, 1.165) is 27.2 Å². The van der Waals surface area contributed by atoms with Crippen LogP contribution in [0.2, 0.25) is 0 Å². The second kappa shape index (κ2) is 4.88. The molecule has 0 aliphatic carbocycles. The van der Waals surface area contributed by atoms with Crippen LogP contribution in [0.25, 0.3) is 11.3 Å². The fourth-order valence-electron chi connectivity index (χ4n) is 1.33. The molecule has 0 atom stereocenters. The van der Waals surface area contributed by atoms with E-state index >= 15 is 0 Å². The van der Waals surface area contributed by atoms with Crippen LogP contribution in [0, 0.1) is 0 Å². The molecule has 15 heavy (non-hydrogen) atoms. The van der Waals surface area contributed by atoms with Gasteiger partial charge < -0.3 is 5.73 Å². The molecule has 0 saturated carbocycles. The lowest BCUT2D eigenvalue weighted by Gasteiger charge is -1.96. The molecule has 0 aliphatic heterocycles. The summed E-state index contributed by atoms with van der Waals surface area (Å²) < 4.78 is 1.08. The maximum atomic E-state index is 5.49. The summed E-state index contributed by atoms with van der Waals surface area (Å²) in [5.74, 6) is 0. The highest BCUT2D eigenvalue weighted by Gasteiger charge is 2.03. The monoisotopic (exact) mass is 282 g/mol. The Hall–Kier alpha value is -0.710. The van der Waals surface area contributed by atoms with Crippen molar-refractivity contribution in [1.82, 2.24) is 4.98 Å². The molecule has 78 valence electrons. The molecular formula is C11H11BrN2S. The first-order valence-corrected chi connectivity index (χ1v) is 6.37. The molecule has 1 heterocycles. The normalized spacial score (nSPS) is 10.5. The van der Waals surface area contributed by atoms with Crippen molar-refractivity contribution in [2.45, 2.75) is 6.42 Å². The number of hydrogen-bond donors (Lipinski definition) is 1. The summed E-state index contributed by atoms with van der Waals surface area (Å²) >= 11 is 5.12. The summed E-state index contributed by atoms with van der Waals surface area (Å²) in [7, 11) is 0. The predicted octanol–water partition coefficient (Wildman–Crippen LogP) is 3.07. The SMILES string of the molecule is NCCc1nc(-c2cccc(Br)c2)cs1. The lowest BCUT2D eigenvalue weighted by atomic mass is 10.2. The Morgan fingerprint density at radius 1 is 1.40 bits per heavy atom. The van der Waals surface area contributed by atoms with Crippen LogP contribution in [0.1, 0.15) is 5.01 Å². The molecule has 0 amide bonds. The van der Waals surface area contributed by atoms with Crippen LogP contribution in [0.3, 0.4) is 0 Å². The smallest absolute Gasteiger partial charge is 0.0945 e. The van der Waals surface area contributed by atoms with Crippen LogP contribution in [0.15, 0.2) is 34.1 Å². The minimum Gasteiger partial charge on any atom is -0.330 e. The molecule has 2 rings (SSSR count). The third-order valence-corrected chi connectivity index (χ3v) is 3.43. The van der Waals surface area contributed by atoms with Crippen molar-refractivity contribution in [3.8, 4) is 11.3 Å². The van der Waals surface area contributed by atoms with Crippen LogP contribution in [-0.2, 0) is 6.42 Å². The Bertz CT molecular complexity index is 453. The van der Waals surface area contributed by atoms with Gasteiger partial charge in [0.1, 0.15) is 0 Å². The highest BCUT2D eigenvalue weighted by Crippen LogP contribution is 2.24. The van der Waals surface area contributed by atoms with Crippen LogP contribution < -0.4 is 5.73 Å². The predicted molar refractivity (Wildman–Crippen MR) is 68.0 cm³/mol. The van der Waals surface area contributed by atoms with E-state index in [4.69, 9.17) is 5.73 Å². The molecule has 1 aromatic heterocycles. The average Bonchev–Trinajstić information content (AvgIpc) is 2.67. The molecule has 0 spiro atoms. The van der Waals surface area contributed by atoms with Gasteiger partial charge in [-0.3, -0.25) is 0 Å². The molecular weight excluding hydrogens is 272 g/mol. The van der Waals surface area contributed by atoms with Crippen molar-refractivity contribution in [2.75, 3.05) is 6.54 Å². The van der Waals surface area contributed by atoms with Gasteiger partial charge in [0, 0.05) is 21.8 Å². The van der Waals surface area contributed by atoms with E-state index in [1.165, 1.54) is 0 Å². The number of halogens is 1. The zero-order chi connectivity index (χ0) is 10.7. The van der Waals surface area contributed by atoms with Crippen LogP contribution in [0.5, 0.6) is 0 Å². The third-order valence-electron chi connectivity index (χ3n) is 2.03. The molecule has 0 radical (unpaired) electrons. The van der Waals surface area contributed by atoms with E-state index in [1.807, 2.05) is 12.1 Å². The number of thiazole rings is 1. The van der Waals surface area contributed by atoms with Gasteiger partial charge in [0.2, 0.25) is 0 Å². The van der Waals surface area contributed by atoms with E-state index in [-0.39, 0.29) is 0 Å². The summed E-state index contributed by atoms with van der Waals surface area (Å²) in [6, 6.07) is 8.16. The molecule has 2 N–H and O–H groups in total.